The van der Waals surface area contributed by atoms with E-state index in [0.717, 1.165) is 5.56 Å². The lowest BCUT2D eigenvalue weighted by Gasteiger charge is -2.20. The zero-order chi connectivity index (χ0) is 13.8. The number of amides is 1. The van der Waals surface area contributed by atoms with Crippen molar-refractivity contribution in [2.24, 2.45) is 0 Å². The van der Waals surface area contributed by atoms with Gasteiger partial charge in [0.1, 0.15) is 12.1 Å². The van der Waals surface area contributed by atoms with Crippen molar-refractivity contribution in [3.05, 3.63) is 11.9 Å². The minimum Gasteiger partial charge on any atom is -0.481 e. The molecule has 0 radical (unpaired) electrons. The minimum atomic E-state index is -0.239. The van der Waals surface area contributed by atoms with Gasteiger partial charge in [-0.05, 0) is 27.7 Å². The van der Waals surface area contributed by atoms with Gasteiger partial charge in [-0.15, -0.1) is 0 Å². The summed E-state index contributed by atoms with van der Waals surface area (Å²) in [5, 5.41) is 5.83. The van der Waals surface area contributed by atoms with Gasteiger partial charge >= 0.3 is 0 Å². The molecule has 0 aliphatic carbocycles. The first-order chi connectivity index (χ1) is 8.33. The van der Waals surface area contributed by atoms with Crippen molar-refractivity contribution in [1.82, 2.24) is 15.3 Å². The van der Waals surface area contributed by atoms with E-state index in [2.05, 4.69) is 20.6 Å². The van der Waals surface area contributed by atoms with Crippen LogP contribution in [0.1, 0.15) is 26.3 Å². The van der Waals surface area contributed by atoms with Crippen LogP contribution in [0, 0.1) is 6.92 Å². The van der Waals surface area contributed by atoms with Gasteiger partial charge in [0, 0.05) is 5.54 Å². The summed E-state index contributed by atoms with van der Waals surface area (Å²) in [6.07, 6.45) is 1.40. The molecule has 0 saturated heterocycles. The van der Waals surface area contributed by atoms with Gasteiger partial charge in [-0.3, -0.25) is 4.79 Å². The van der Waals surface area contributed by atoms with E-state index in [1.807, 2.05) is 27.7 Å². The molecule has 1 heterocycles. The van der Waals surface area contributed by atoms with Crippen molar-refractivity contribution in [2.45, 2.75) is 33.2 Å². The predicted octanol–water partition coefficient (Wildman–Crippen LogP) is 1.12. The largest absolute Gasteiger partial charge is 0.481 e. The van der Waals surface area contributed by atoms with Crippen LogP contribution in [0.2, 0.25) is 0 Å². The first kappa shape index (κ1) is 14.2. The average Bonchev–Trinajstić information content (AvgIpc) is 2.25. The van der Waals surface area contributed by atoms with Gasteiger partial charge in [-0.1, -0.05) is 0 Å². The number of carbonyl (C=O) groups excluding carboxylic acids is 1. The molecule has 1 aromatic heterocycles. The minimum absolute atomic E-state index is 0.0838. The van der Waals surface area contributed by atoms with Gasteiger partial charge in [-0.2, -0.15) is 0 Å². The van der Waals surface area contributed by atoms with E-state index in [1.54, 1.807) is 7.11 Å². The van der Waals surface area contributed by atoms with Crippen LogP contribution >= 0.6 is 0 Å². The van der Waals surface area contributed by atoms with Gasteiger partial charge in [0.15, 0.2) is 0 Å². The van der Waals surface area contributed by atoms with Gasteiger partial charge < -0.3 is 15.4 Å². The third kappa shape index (κ3) is 4.20. The summed E-state index contributed by atoms with van der Waals surface area (Å²) in [7, 11) is 1.55. The molecule has 0 unspecified atom stereocenters. The van der Waals surface area contributed by atoms with Crippen molar-refractivity contribution >= 4 is 11.7 Å². The molecular weight excluding hydrogens is 232 g/mol. The SMILES string of the molecule is COc1ncnc(NCC(=O)NC(C)(C)C)c1C. The summed E-state index contributed by atoms with van der Waals surface area (Å²) < 4.78 is 5.08. The molecule has 0 aliphatic rings. The molecule has 0 aliphatic heterocycles. The second kappa shape index (κ2) is 5.66. The van der Waals surface area contributed by atoms with Crippen LogP contribution in [0.5, 0.6) is 5.88 Å². The molecule has 0 saturated carbocycles. The van der Waals surface area contributed by atoms with Crippen LogP contribution in [-0.4, -0.2) is 35.1 Å². The number of nitrogens with zero attached hydrogens (tertiary/aromatic N) is 2. The fourth-order valence-electron chi connectivity index (χ4n) is 1.44. The Morgan fingerprint density at radius 2 is 2.06 bits per heavy atom. The Bertz CT molecular complexity index is 427. The van der Waals surface area contributed by atoms with Gasteiger partial charge in [-0.25, -0.2) is 9.97 Å². The lowest BCUT2D eigenvalue weighted by atomic mass is 10.1. The van der Waals surface area contributed by atoms with Crippen LogP contribution in [0.25, 0.3) is 0 Å². The standard InChI is InChI=1S/C12H20N4O2/c1-8-10(14-7-15-11(8)18-5)13-6-9(17)16-12(2,3)4/h7H,6H2,1-5H3,(H,16,17)(H,13,14,15). The monoisotopic (exact) mass is 252 g/mol. The number of rotatable bonds is 4. The number of hydrogen-bond acceptors (Lipinski definition) is 5. The zero-order valence-electron chi connectivity index (χ0n) is 11.5. The van der Waals surface area contributed by atoms with E-state index >= 15 is 0 Å². The highest BCUT2D eigenvalue weighted by molar-refractivity contribution is 5.81. The third-order valence-corrected chi connectivity index (χ3v) is 2.16. The maximum atomic E-state index is 11.6. The number of anilines is 1. The maximum Gasteiger partial charge on any atom is 0.239 e. The summed E-state index contributed by atoms with van der Waals surface area (Å²) in [5.74, 6) is 1.02. The molecule has 0 aromatic carbocycles. The summed E-state index contributed by atoms with van der Waals surface area (Å²) in [5.41, 5.74) is 0.542. The maximum absolute atomic E-state index is 11.6. The molecule has 0 bridgehead atoms. The van der Waals surface area contributed by atoms with Crippen molar-refractivity contribution in [2.75, 3.05) is 19.0 Å². The molecule has 0 atom stereocenters. The van der Waals surface area contributed by atoms with Crippen LogP contribution in [0.15, 0.2) is 6.33 Å². The highest BCUT2D eigenvalue weighted by Gasteiger charge is 2.14. The zero-order valence-corrected chi connectivity index (χ0v) is 11.5. The van der Waals surface area contributed by atoms with E-state index in [9.17, 15) is 4.79 Å². The Hall–Kier alpha value is -1.85. The van der Waals surface area contributed by atoms with Crippen molar-refractivity contribution in [3.8, 4) is 5.88 Å². The molecule has 2 N–H and O–H groups in total. The van der Waals surface area contributed by atoms with Crippen LogP contribution in [-0.2, 0) is 4.79 Å². The van der Waals surface area contributed by atoms with Crippen molar-refractivity contribution in [1.29, 1.82) is 0 Å². The number of carbonyl (C=O) groups is 1. The normalized spacial score (nSPS) is 10.9. The summed E-state index contributed by atoms with van der Waals surface area (Å²) in [4.78, 5) is 19.7. The Labute approximate surface area is 107 Å². The Kier molecular flexibility index (Phi) is 4.47. The molecule has 6 nitrogen and oxygen atoms in total. The molecule has 1 aromatic rings. The predicted molar refractivity (Wildman–Crippen MR) is 69.7 cm³/mol. The molecular formula is C12H20N4O2. The van der Waals surface area contributed by atoms with Crippen LogP contribution < -0.4 is 15.4 Å². The molecule has 100 valence electrons. The Morgan fingerprint density at radius 3 is 2.61 bits per heavy atom. The number of hydrogen-bond donors (Lipinski definition) is 2. The second-order valence-electron chi connectivity index (χ2n) is 5.01. The van der Waals surface area contributed by atoms with E-state index in [0.29, 0.717) is 11.7 Å². The molecule has 0 spiro atoms. The fourth-order valence-corrected chi connectivity index (χ4v) is 1.44. The Balaban J connectivity index is 2.61. The lowest BCUT2D eigenvalue weighted by molar-refractivity contribution is -0.120. The van der Waals surface area contributed by atoms with E-state index in [4.69, 9.17) is 4.74 Å². The number of nitrogens with one attached hydrogen (secondary N) is 2. The molecule has 18 heavy (non-hydrogen) atoms. The second-order valence-corrected chi connectivity index (χ2v) is 5.01. The summed E-state index contributed by atoms with van der Waals surface area (Å²) >= 11 is 0. The summed E-state index contributed by atoms with van der Waals surface area (Å²) in [6, 6.07) is 0. The van der Waals surface area contributed by atoms with E-state index < -0.39 is 0 Å². The molecule has 1 rings (SSSR count). The lowest BCUT2D eigenvalue weighted by Crippen LogP contribution is -2.43. The van der Waals surface area contributed by atoms with E-state index in [-0.39, 0.29) is 18.0 Å². The Morgan fingerprint density at radius 1 is 1.39 bits per heavy atom. The van der Waals surface area contributed by atoms with Crippen LogP contribution in [0.4, 0.5) is 5.82 Å². The first-order valence-electron chi connectivity index (χ1n) is 5.74. The number of aromatic nitrogens is 2. The van der Waals surface area contributed by atoms with Gasteiger partial charge in [0.05, 0.1) is 19.2 Å². The summed E-state index contributed by atoms with van der Waals surface area (Å²) in [6.45, 7) is 7.80. The van der Waals surface area contributed by atoms with Crippen LogP contribution in [0.3, 0.4) is 0 Å². The quantitative estimate of drug-likeness (QED) is 0.839. The van der Waals surface area contributed by atoms with Gasteiger partial charge in [0.25, 0.3) is 0 Å². The first-order valence-corrected chi connectivity index (χ1v) is 5.74. The molecule has 6 heteroatoms. The van der Waals surface area contributed by atoms with Gasteiger partial charge in [0.2, 0.25) is 11.8 Å². The number of methoxy groups -OCH3 is 1. The topological polar surface area (TPSA) is 76.1 Å². The third-order valence-electron chi connectivity index (χ3n) is 2.16. The van der Waals surface area contributed by atoms with Crippen molar-refractivity contribution in [3.63, 3.8) is 0 Å². The molecule has 1 amide bonds. The highest BCUT2D eigenvalue weighted by Crippen LogP contribution is 2.19. The fraction of sp³-hybridized carbons (Fsp3) is 0.583. The van der Waals surface area contributed by atoms with E-state index in [1.165, 1.54) is 6.33 Å². The smallest absolute Gasteiger partial charge is 0.239 e. The van der Waals surface area contributed by atoms with Crippen molar-refractivity contribution < 1.29 is 9.53 Å². The number of ether oxygens (including phenoxy) is 1. The molecule has 0 fully saturated rings. The average molecular weight is 252 g/mol. The highest BCUT2D eigenvalue weighted by atomic mass is 16.5.